The number of hydrogen-bond donors (Lipinski definition) is 0. The first-order valence-electron chi connectivity index (χ1n) is 9.57. The van der Waals surface area contributed by atoms with Crippen LogP contribution in [-0.4, -0.2) is 75.5 Å². The molecule has 1 saturated heterocycles. The minimum Gasteiger partial charge on any atom is -0.466 e. The van der Waals surface area contributed by atoms with Gasteiger partial charge in [-0.1, -0.05) is 12.1 Å². The maximum Gasteiger partial charge on any atom is 0.310 e. The van der Waals surface area contributed by atoms with E-state index in [1.54, 1.807) is 36.1 Å². The third kappa shape index (κ3) is 6.85. The SMILES string of the molecule is CCOC(=O)C1CCCN(C(=O)CN(C)C(=O)c2ccc(CS(C)(=O)=O)cc2)C1. The second kappa shape index (κ2) is 9.87. The predicted octanol–water partition coefficient (Wildman–Crippen LogP) is 1.10. The Balaban J connectivity index is 1.94. The molecule has 2 rings (SSSR count). The van der Waals surface area contributed by atoms with Crippen LogP contribution in [0.25, 0.3) is 0 Å². The van der Waals surface area contributed by atoms with Crippen molar-refractivity contribution in [2.24, 2.45) is 5.92 Å². The van der Waals surface area contributed by atoms with Gasteiger partial charge in [-0.3, -0.25) is 14.4 Å². The van der Waals surface area contributed by atoms with Gasteiger partial charge in [0.25, 0.3) is 5.91 Å². The summed E-state index contributed by atoms with van der Waals surface area (Å²) in [5, 5.41) is 0. The second-order valence-corrected chi connectivity index (χ2v) is 9.50. The highest BCUT2D eigenvalue weighted by Crippen LogP contribution is 2.18. The Hall–Kier alpha value is -2.42. The molecular formula is C20H28N2O6S. The van der Waals surface area contributed by atoms with Gasteiger partial charge in [0.15, 0.2) is 9.84 Å². The molecule has 0 spiro atoms. The number of carbonyl (C=O) groups excluding carboxylic acids is 3. The lowest BCUT2D eigenvalue weighted by Crippen LogP contribution is -2.47. The smallest absolute Gasteiger partial charge is 0.310 e. The molecule has 1 aromatic rings. The van der Waals surface area contributed by atoms with Gasteiger partial charge in [-0.2, -0.15) is 0 Å². The molecule has 8 nitrogen and oxygen atoms in total. The van der Waals surface area contributed by atoms with E-state index in [1.807, 2.05) is 0 Å². The van der Waals surface area contributed by atoms with Crippen LogP contribution in [0.3, 0.4) is 0 Å². The number of hydrogen-bond acceptors (Lipinski definition) is 6. The summed E-state index contributed by atoms with van der Waals surface area (Å²) in [4.78, 5) is 40.0. The van der Waals surface area contributed by atoms with Crippen LogP contribution in [0.5, 0.6) is 0 Å². The summed E-state index contributed by atoms with van der Waals surface area (Å²) in [5.41, 5.74) is 0.974. The molecule has 160 valence electrons. The lowest BCUT2D eigenvalue weighted by molar-refractivity contribution is -0.151. The van der Waals surface area contributed by atoms with E-state index in [2.05, 4.69) is 0 Å². The Labute approximate surface area is 171 Å². The van der Waals surface area contributed by atoms with E-state index >= 15 is 0 Å². The Morgan fingerprint density at radius 1 is 1.21 bits per heavy atom. The van der Waals surface area contributed by atoms with Gasteiger partial charge in [0.1, 0.15) is 0 Å². The molecular weight excluding hydrogens is 396 g/mol. The zero-order valence-corrected chi connectivity index (χ0v) is 17.9. The first kappa shape index (κ1) is 22.9. The molecule has 1 aromatic carbocycles. The summed E-state index contributed by atoms with van der Waals surface area (Å²) in [6.07, 6.45) is 2.56. The van der Waals surface area contributed by atoms with Crippen LogP contribution in [0, 0.1) is 5.92 Å². The maximum atomic E-state index is 12.6. The van der Waals surface area contributed by atoms with Crippen LogP contribution in [0.1, 0.15) is 35.7 Å². The second-order valence-electron chi connectivity index (χ2n) is 7.36. The fourth-order valence-corrected chi connectivity index (χ4v) is 4.10. The number of ether oxygens (including phenoxy) is 1. The third-order valence-electron chi connectivity index (χ3n) is 4.74. The zero-order chi connectivity index (χ0) is 21.6. The number of benzene rings is 1. The van der Waals surface area contributed by atoms with Crippen molar-refractivity contribution in [3.63, 3.8) is 0 Å². The average molecular weight is 425 g/mol. The summed E-state index contributed by atoms with van der Waals surface area (Å²) in [6.45, 7) is 2.82. The third-order valence-corrected chi connectivity index (χ3v) is 5.60. The minimum absolute atomic E-state index is 0.0909. The van der Waals surface area contributed by atoms with Gasteiger partial charge in [-0.05, 0) is 37.5 Å². The summed E-state index contributed by atoms with van der Waals surface area (Å²) in [7, 11) is -1.61. The summed E-state index contributed by atoms with van der Waals surface area (Å²) >= 11 is 0. The van der Waals surface area contributed by atoms with E-state index in [9.17, 15) is 22.8 Å². The van der Waals surface area contributed by atoms with Gasteiger partial charge in [0, 0.05) is 32.0 Å². The molecule has 9 heteroatoms. The number of likely N-dealkylation sites (N-methyl/N-ethyl adjacent to an activating group) is 1. The first-order chi connectivity index (χ1) is 13.6. The van der Waals surface area contributed by atoms with Gasteiger partial charge in [-0.15, -0.1) is 0 Å². The standard InChI is InChI=1S/C20H28N2O6S/c1-4-28-20(25)17-6-5-11-22(12-17)18(23)13-21(2)19(24)16-9-7-15(8-10-16)14-29(3,26)27/h7-10,17H,4-6,11-14H2,1-3H3. The van der Waals surface area contributed by atoms with Gasteiger partial charge >= 0.3 is 5.97 Å². The van der Waals surface area contributed by atoms with Crippen LogP contribution < -0.4 is 0 Å². The number of nitrogens with zero attached hydrogens (tertiary/aromatic N) is 2. The molecule has 29 heavy (non-hydrogen) atoms. The fraction of sp³-hybridized carbons (Fsp3) is 0.550. The van der Waals surface area contributed by atoms with E-state index in [4.69, 9.17) is 4.74 Å². The normalized spacial score (nSPS) is 16.9. The lowest BCUT2D eigenvalue weighted by Gasteiger charge is -2.32. The highest BCUT2D eigenvalue weighted by molar-refractivity contribution is 7.89. The van der Waals surface area contributed by atoms with E-state index in [-0.39, 0.29) is 36.0 Å². The van der Waals surface area contributed by atoms with Crippen LogP contribution in [0.4, 0.5) is 0 Å². The number of sulfone groups is 1. The molecule has 0 saturated carbocycles. The Morgan fingerprint density at radius 3 is 2.45 bits per heavy atom. The Kier molecular flexibility index (Phi) is 7.78. The van der Waals surface area contributed by atoms with Crippen molar-refractivity contribution < 1.29 is 27.5 Å². The van der Waals surface area contributed by atoms with E-state index in [0.717, 1.165) is 6.26 Å². The quantitative estimate of drug-likeness (QED) is 0.608. The number of rotatable bonds is 7. The van der Waals surface area contributed by atoms with E-state index in [0.29, 0.717) is 43.7 Å². The van der Waals surface area contributed by atoms with Gasteiger partial charge in [0.2, 0.25) is 5.91 Å². The summed E-state index contributed by atoms with van der Waals surface area (Å²) in [6, 6.07) is 6.31. The van der Waals surface area contributed by atoms with Gasteiger partial charge in [-0.25, -0.2) is 8.42 Å². The average Bonchev–Trinajstić information content (AvgIpc) is 2.67. The molecule has 0 aliphatic carbocycles. The van der Waals surface area contributed by atoms with Crippen molar-refractivity contribution in [3.05, 3.63) is 35.4 Å². The van der Waals surface area contributed by atoms with E-state index in [1.165, 1.54) is 11.9 Å². The van der Waals surface area contributed by atoms with Gasteiger partial charge in [0.05, 0.1) is 24.8 Å². The van der Waals surface area contributed by atoms with Gasteiger partial charge < -0.3 is 14.5 Å². The minimum atomic E-state index is -3.15. The first-order valence-corrected chi connectivity index (χ1v) is 11.6. The number of amides is 2. The Bertz CT molecular complexity index is 850. The maximum absolute atomic E-state index is 12.6. The number of esters is 1. The lowest BCUT2D eigenvalue weighted by atomic mass is 9.98. The van der Waals surface area contributed by atoms with Crippen LogP contribution in [0.2, 0.25) is 0 Å². The van der Waals surface area contributed by atoms with Crippen molar-refractivity contribution in [2.45, 2.75) is 25.5 Å². The number of likely N-dealkylation sites (tertiary alicyclic amines) is 1. The molecule has 1 aliphatic heterocycles. The van der Waals surface area contributed by atoms with Crippen LogP contribution in [0.15, 0.2) is 24.3 Å². The molecule has 1 unspecified atom stereocenters. The number of piperidine rings is 1. The summed E-state index contributed by atoms with van der Waals surface area (Å²) < 4.78 is 27.8. The molecule has 1 aliphatic rings. The zero-order valence-electron chi connectivity index (χ0n) is 17.1. The highest BCUT2D eigenvalue weighted by Gasteiger charge is 2.30. The fourth-order valence-electron chi connectivity index (χ4n) is 3.30. The van der Waals surface area contributed by atoms with Crippen molar-refractivity contribution in [1.29, 1.82) is 0 Å². The molecule has 2 amide bonds. The van der Waals surface area contributed by atoms with Crippen molar-refractivity contribution in [2.75, 3.05) is 39.5 Å². The predicted molar refractivity (Wildman–Crippen MR) is 108 cm³/mol. The van der Waals surface area contributed by atoms with Crippen LogP contribution in [-0.2, 0) is 29.9 Å². The molecule has 0 aromatic heterocycles. The van der Waals surface area contributed by atoms with Crippen molar-refractivity contribution >= 4 is 27.6 Å². The molecule has 1 fully saturated rings. The van der Waals surface area contributed by atoms with E-state index < -0.39 is 9.84 Å². The molecule has 0 radical (unpaired) electrons. The van der Waals surface area contributed by atoms with Crippen LogP contribution >= 0.6 is 0 Å². The van der Waals surface area contributed by atoms with Crippen molar-refractivity contribution in [3.8, 4) is 0 Å². The molecule has 1 heterocycles. The largest absolute Gasteiger partial charge is 0.466 e. The molecule has 0 bridgehead atoms. The Morgan fingerprint density at radius 2 is 1.86 bits per heavy atom. The molecule has 1 atom stereocenters. The monoisotopic (exact) mass is 424 g/mol. The summed E-state index contributed by atoms with van der Waals surface area (Å²) in [5.74, 6) is -1.25. The highest BCUT2D eigenvalue weighted by atomic mass is 32.2. The molecule has 0 N–H and O–H groups in total. The number of carbonyl (C=O) groups is 3. The van der Waals surface area contributed by atoms with Crippen molar-refractivity contribution in [1.82, 2.24) is 9.80 Å². The topological polar surface area (TPSA) is 101 Å².